The number of benzene rings is 3. The van der Waals surface area contributed by atoms with E-state index in [1.807, 2.05) is 6.07 Å². The zero-order valence-electron chi connectivity index (χ0n) is 18.2. The van der Waals surface area contributed by atoms with Gasteiger partial charge in [-0.1, -0.05) is 110 Å². The van der Waals surface area contributed by atoms with Gasteiger partial charge < -0.3 is 9.64 Å². The van der Waals surface area contributed by atoms with Gasteiger partial charge in [-0.2, -0.15) is 0 Å². The van der Waals surface area contributed by atoms with E-state index in [0.29, 0.717) is 0 Å². The van der Waals surface area contributed by atoms with Crippen molar-refractivity contribution in [2.75, 3.05) is 26.7 Å². The molecule has 0 fully saturated rings. The standard InChI is InChI=1S/C28H33NO/c1-3-24-30-28(26-17-9-5-10-18-26,27-19-11-6-12-20-27)21-23-29(2)22-13-16-25-14-7-4-8-15-25/h4-20H,3,21-24H2,1-2H3. The predicted molar refractivity (Wildman–Crippen MR) is 127 cm³/mol. The molecule has 0 bridgehead atoms. The lowest BCUT2D eigenvalue weighted by Crippen LogP contribution is -2.36. The third kappa shape index (κ3) is 5.91. The van der Waals surface area contributed by atoms with Crippen molar-refractivity contribution < 1.29 is 4.74 Å². The van der Waals surface area contributed by atoms with Gasteiger partial charge in [-0.25, -0.2) is 0 Å². The van der Waals surface area contributed by atoms with Gasteiger partial charge in [0.15, 0.2) is 0 Å². The van der Waals surface area contributed by atoms with E-state index in [4.69, 9.17) is 4.74 Å². The molecule has 2 heteroatoms. The van der Waals surface area contributed by atoms with Crippen LogP contribution in [0.5, 0.6) is 0 Å². The molecular weight excluding hydrogens is 366 g/mol. The Kier molecular flexibility index (Phi) is 8.43. The van der Waals surface area contributed by atoms with Gasteiger partial charge in [-0.3, -0.25) is 0 Å². The first-order chi connectivity index (χ1) is 14.7. The second kappa shape index (κ2) is 11.5. The van der Waals surface area contributed by atoms with Crippen molar-refractivity contribution in [2.45, 2.75) is 25.4 Å². The van der Waals surface area contributed by atoms with E-state index >= 15 is 0 Å². The molecule has 0 saturated carbocycles. The fraction of sp³-hybridized carbons (Fsp3) is 0.286. The highest BCUT2D eigenvalue weighted by Crippen LogP contribution is 2.37. The maximum Gasteiger partial charge on any atom is 0.119 e. The summed E-state index contributed by atoms with van der Waals surface area (Å²) in [6, 6.07) is 31.8. The minimum atomic E-state index is -0.435. The predicted octanol–water partition coefficient (Wildman–Crippen LogP) is 6.39. The van der Waals surface area contributed by atoms with Crippen molar-refractivity contribution >= 4 is 6.08 Å². The molecule has 3 aromatic carbocycles. The van der Waals surface area contributed by atoms with Crippen LogP contribution in [0.1, 0.15) is 36.5 Å². The third-order valence-corrected chi connectivity index (χ3v) is 5.41. The van der Waals surface area contributed by atoms with Crippen LogP contribution < -0.4 is 0 Å². The lowest BCUT2D eigenvalue weighted by Gasteiger charge is -2.36. The van der Waals surface area contributed by atoms with Gasteiger partial charge in [0.1, 0.15) is 5.60 Å². The highest BCUT2D eigenvalue weighted by atomic mass is 16.5. The van der Waals surface area contributed by atoms with E-state index in [2.05, 4.69) is 116 Å². The molecule has 0 heterocycles. The van der Waals surface area contributed by atoms with Crippen LogP contribution in [0.3, 0.4) is 0 Å². The summed E-state index contributed by atoms with van der Waals surface area (Å²) in [4.78, 5) is 2.36. The van der Waals surface area contributed by atoms with Gasteiger partial charge in [0.25, 0.3) is 0 Å². The summed E-state index contributed by atoms with van der Waals surface area (Å²) in [5, 5.41) is 0. The number of nitrogens with zero attached hydrogens (tertiary/aromatic N) is 1. The number of rotatable bonds is 11. The summed E-state index contributed by atoms with van der Waals surface area (Å²) in [5.41, 5.74) is 3.24. The minimum absolute atomic E-state index is 0.435. The Balaban J connectivity index is 1.77. The van der Waals surface area contributed by atoms with Crippen LogP contribution in [0.25, 0.3) is 6.08 Å². The van der Waals surface area contributed by atoms with E-state index in [-0.39, 0.29) is 0 Å². The first-order valence-corrected chi connectivity index (χ1v) is 10.9. The second-order valence-electron chi connectivity index (χ2n) is 7.73. The molecule has 0 spiro atoms. The Morgan fingerprint density at radius 1 is 0.800 bits per heavy atom. The normalized spacial score (nSPS) is 12.0. The Morgan fingerprint density at radius 2 is 1.33 bits per heavy atom. The molecule has 0 amide bonds. The van der Waals surface area contributed by atoms with Crippen LogP contribution in [-0.2, 0) is 10.3 Å². The molecule has 0 aliphatic rings. The molecule has 0 aromatic heterocycles. The summed E-state index contributed by atoms with van der Waals surface area (Å²) < 4.78 is 6.63. The van der Waals surface area contributed by atoms with Crippen molar-refractivity contribution in [3.05, 3.63) is 114 Å². The average molecular weight is 400 g/mol. The highest BCUT2D eigenvalue weighted by molar-refractivity contribution is 5.48. The molecule has 0 saturated heterocycles. The number of ether oxygens (including phenoxy) is 1. The third-order valence-electron chi connectivity index (χ3n) is 5.41. The van der Waals surface area contributed by atoms with E-state index < -0.39 is 5.60 Å². The van der Waals surface area contributed by atoms with Crippen LogP contribution in [0, 0.1) is 0 Å². The molecule has 3 aromatic rings. The molecule has 156 valence electrons. The quantitative estimate of drug-likeness (QED) is 0.370. The van der Waals surface area contributed by atoms with Crippen molar-refractivity contribution in [3.8, 4) is 0 Å². The summed E-state index contributed by atoms with van der Waals surface area (Å²) in [6.45, 7) is 4.75. The Hall–Kier alpha value is -2.68. The van der Waals surface area contributed by atoms with Gasteiger partial charge in [0.05, 0.1) is 0 Å². The summed E-state index contributed by atoms with van der Waals surface area (Å²) in [6.07, 6.45) is 6.31. The lowest BCUT2D eigenvalue weighted by molar-refractivity contribution is -0.0288. The zero-order chi connectivity index (χ0) is 21.1. The topological polar surface area (TPSA) is 12.5 Å². The first kappa shape index (κ1) is 22.0. The fourth-order valence-corrected chi connectivity index (χ4v) is 3.76. The average Bonchev–Trinajstić information content (AvgIpc) is 2.81. The lowest BCUT2D eigenvalue weighted by atomic mass is 9.83. The molecule has 0 aliphatic carbocycles. The van der Waals surface area contributed by atoms with Gasteiger partial charge in [0.2, 0.25) is 0 Å². The summed E-state index contributed by atoms with van der Waals surface area (Å²) in [5.74, 6) is 0. The monoisotopic (exact) mass is 399 g/mol. The number of hydrogen-bond acceptors (Lipinski definition) is 2. The number of hydrogen-bond donors (Lipinski definition) is 0. The van der Waals surface area contributed by atoms with Gasteiger partial charge in [-0.05, 0) is 36.6 Å². The van der Waals surface area contributed by atoms with Crippen LogP contribution in [-0.4, -0.2) is 31.6 Å². The van der Waals surface area contributed by atoms with E-state index in [1.54, 1.807) is 0 Å². The van der Waals surface area contributed by atoms with Crippen molar-refractivity contribution in [3.63, 3.8) is 0 Å². The smallest absolute Gasteiger partial charge is 0.119 e. The Bertz CT molecular complexity index is 835. The molecule has 0 aliphatic heterocycles. The van der Waals surface area contributed by atoms with E-state index in [9.17, 15) is 0 Å². The largest absolute Gasteiger partial charge is 0.366 e. The Labute approximate surface area is 181 Å². The Morgan fingerprint density at radius 3 is 1.87 bits per heavy atom. The number of likely N-dealkylation sites (N-methyl/N-ethyl adjacent to an activating group) is 1. The SMILES string of the molecule is CCCOC(CCN(C)CC=Cc1ccccc1)(c1ccccc1)c1ccccc1. The van der Waals surface area contributed by atoms with Crippen molar-refractivity contribution in [2.24, 2.45) is 0 Å². The van der Waals surface area contributed by atoms with Crippen LogP contribution >= 0.6 is 0 Å². The maximum atomic E-state index is 6.63. The van der Waals surface area contributed by atoms with Crippen LogP contribution in [0.4, 0.5) is 0 Å². The second-order valence-corrected chi connectivity index (χ2v) is 7.73. The molecule has 0 unspecified atom stereocenters. The van der Waals surface area contributed by atoms with E-state index in [1.165, 1.54) is 16.7 Å². The summed E-state index contributed by atoms with van der Waals surface area (Å²) >= 11 is 0. The van der Waals surface area contributed by atoms with Gasteiger partial charge in [0, 0.05) is 19.7 Å². The van der Waals surface area contributed by atoms with Crippen LogP contribution in [0.15, 0.2) is 97.1 Å². The van der Waals surface area contributed by atoms with Gasteiger partial charge >= 0.3 is 0 Å². The van der Waals surface area contributed by atoms with Crippen LogP contribution in [0.2, 0.25) is 0 Å². The minimum Gasteiger partial charge on any atom is -0.366 e. The first-order valence-electron chi connectivity index (χ1n) is 10.9. The van der Waals surface area contributed by atoms with E-state index in [0.717, 1.165) is 32.5 Å². The van der Waals surface area contributed by atoms with Crippen molar-refractivity contribution in [1.82, 2.24) is 4.90 Å². The highest BCUT2D eigenvalue weighted by Gasteiger charge is 2.35. The maximum absolute atomic E-state index is 6.63. The molecule has 30 heavy (non-hydrogen) atoms. The summed E-state index contributed by atoms with van der Waals surface area (Å²) in [7, 11) is 2.18. The molecule has 2 nitrogen and oxygen atoms in total. The molecular formula is C28H33NO. The molecule has 0 N–H and O–H groups in total. The van der Waals surface area contributed by atoms with Crippen molar-refractivity contribution in [1.29, 1.82) is 0 Å². The molecule has 0 radical (unpaired) electrons. The van der Waals surface area contributed by atoms with Gasteiger partial charge in [-0.15, -0.1) is 0 Å². The molecule has 3 rings (SSSR count). The molecule has 0 atom stereocenters. The fourth-order valence-electron chi connectivity index (χ4n) is 3.76. The zero-order valence-corrected chi connectivity index (χ0v) is 18.2.